The number of nitrogens with zero attached hydrogens (tertiary/aromatic N) is 1. The predicted octanol–water partition coefficient (Wildman–Crippen LogP) is 2.88. The maximum absolute atomic E-state index is 5.57. The molecule has 0 saturated carbocycles. The Kier molecular flexibility index (Phi) is 5.78. The third-order valence-electron chi connectivity index (χ3n) is 2.80. The Hall–Kier alpha value is -0.740. The number of nitrogens with two attached hydrogens (primary N) is 1. The van der Waals surface area contributed by atoms with Gasteiger partial charge in [-0.25, -0.2) is 0 Å². The summed E-state index contributed by atoms with van der Waals surface area (Å²) in [5.74, 6) is 1.48. The molecule has 0 amide bonds. The number of anilines is 1. The molecule has 0 aliphatic carbocycles. The van der Waals surface area contributed by atoms with Gasteiger partial charge in [-0.15, -0.1) is 0 Å². The van der Waals surface area contributed by atoms with Crippen molar-refractivity contribution in [2.24, 2.45) is 11.7 Å². The van der Waals surface area contributed by atoms with Gasteiger partial charge in [0, 0.05) is 18.1 Å². The van der Waals surface area contributed by atoms with Crippen LogP contribution < -0.4 is 15.4 Å². The first-order chi connectivity index (χ1) is 8.08. The van der Waals surface area contributed by atoms with E-state index >= 15 is 0 Å². The highest BCUT2D eigenvalue weighted by atomic mass is 79.9. The molecule has 4 heteroatoms. The number of rotatable bonds is 6. The highest BCUT2D eigenvalue weighted by Crippen LogP contribution is 2.31. The fourth-order valence-electron chi connectivity index (χ4n) is 1.90. The highest BCUT2D eigenvalue weighted by Gasteiger charge is 2.11. The molecule has 0 radical (unpaired) electrons. The molecule has 1 aromatic carbocycles. The van der Waals surface area contributed by atoms with E-state index in [9.17, 15) is 0 Å². The van der Waals surface area contributed by atoms with Gasteiger partial charge in [0.05, 0.1) is 12.8 Å². The minimum Gasteiger partial charge on any atom is -0.495 e. The molecule has 0 heterocycles. The average molecular weight is 301 g/mol. The summed E-state index contributed by atoms with van der Waals surface area (Å²) in [6.45, 7) is 3.93. The Labute approximate surface area is 112 Å². The molecule has 3 nitrogen and oxygen atoms in total. The molecular formula is C13H21BrN2O. The summed E-state index contributed by atoms with van der Waals surface area (Å²) >= 11 is 3.49. The van der Waals surface area contributed by atoms with Gasteiger partial charge in [0.1, 0.15) is 5.75 Å². The largest absolute Gasteiger partial charge is 0.495 e. The van der Waals surface area contributed by atoms with E-state index in [-0.39, 0.29) is 0 Å². The van der Waals surface area contributed by atoms with Gasteiger partial charge in [-0.05, 0) is 37.1 Å². The molecule has 1 unspecified atom stereocenters. The van der Waals surface area contributed by atoms with Crippen LogP contribution in [0.4, 0.5) is 5.69 Å². The summed E-state index contributed by atoms with van der Waals surface area (Å²) in [6, 6.07) is 6.04. The second-order valence-corrected chi connectivity index (χ2v) is 5.29. The molecule has 0 aromatic heterocycles. The van der Waals surface area contributed by atoms with Crippen molar-refractivity contribution in [3.05, 3.63) is 22.7 Å². The Balaban J connectivity index is 2.79. The molecule has 2 N–H and O–H groups in total. The maximum atomic E-state index is 5.57. The number of benzene rings is 1. The smallest absolute Gasteiger partial charge is 0.142 e. The first-order valence-corrected chi connectivity index (χ1v) is 6.62. The van der Waals surface area contributed by atoms with Crippen LogP contribution in [0.25, 0.3) is 0 Å². The Morgan fingerprint density at radius 3 is 2.76 bits per heavy atom. The molecule has 0 saturated heterocycles. The number of hydrogen-bond donors (Lipinski definition) is 1. The Bertz CT molecular complexity index is 357. The van der Waals surface area contributed by atoms with Crippen LogP contribution in [0.2, 0.25) is 0 Å². The van der Waals surface area contributed by atoms with E-state index in [1.807, 2.05) is 12.1 Å². The topological polar surface area (TPSA) is 38.5 Å². The minimum atomic E-state index is 0.577. The number of halogens is 1. The normalized spacial score (nSPS) is 12.3. The van der Waals surface area contributed by atoms with Crippen LogP contribution in [0, 0.1) is 5.92 Å². The van der Waals surface area contributed by atoms with Crippen LogP contribution in [0.3, 0.4) is 0 Å². The van der Waals surface area contributed by atoms with Gasteiger partial charge in [-0.2, -0.15) is 0 Å². The summed E-state index contributed by atoms with van der Waals surface area (Å²) in [7, 11) is 3.78. The quantitative estimate of drug-likeness (QED) is 0.878. The molecule has 17 heavy (non-hydrogen) atoms. The Morgan fingerprint density at radius 2 is 2.18 bits per heavy atom. The van der Waals surface area contributed by atoms with Gasteiger partial charge in [0.2, 0.25) is 0 Å². The summed E-state index contributed by atoms with van der Waals surface area (Å²) < 4.78 is 6.44. The SMILES string of the molecule is COc1ccc(Br)cc1N(C)CC(C)CCN. The lowest BCUT2D eigenvalue weighted by atomic mass is 10.1. The van der Waals surface area contributed by atoms with Gasteiger partial charge in [0.25, 0.3) is 0 Å². The van der Waals surface area contributed by atoms with Crippen molar-refractivity contribution in [3.63, 3.8) is 0 Å². The number of methoxy groups -OCH3 is 1. The molecule has 1 aromatic rings. The van der Waals surface area contributed by atoms with E-state index in [1.165, 1.54) is 0 Å². The van der Waals surface area contributed by atoms with E-state index in [1.54, 1.807) is 7.11 Å². The predicted molar refractivity (Wildman–Crippen MR) is 76.8 cm³/mol. The maximum Gasteiger partial charge on any atom is 0.142 e. The third kappa shape index (κ3) is 4.21. The fourth-order valence-corrected chi connectivity index (χ4v) is 2.25. The Morgan fingerprint density at radius 1 is 1.47 bits per heavy atom. The van der Waals surface area contributed by atoms with E-state index in [0.29, 0.717) is 5.92 Å². The molecule has 0 aliphatic heterocycles. The summed E-state index contributed by atoms with van der Waals surface area (Å²) in [5, 5.41) is 0. The summed E-state index contributed by atoms with van der Waals surface area (Å²) in [6.07, 6.45) is 1.04. The van der Waals surface area contributed by atoms with Crippen molar-refractivity contribution in [2.75, 3.05) is 32.1 Å². The van der Waals surface area contributed by atoms with Gasteiger partial charge in [-0.1, -0.05) is 22.9 Å². The highest BCUT2D eigenvalue weighted by molar-refractivity contribution is 9.10. The molecule has 0 spiro atoms. The minimum absolute atomic E-state index is 0.577. The third-order valence-corrected chi connectivity index (χ3v) is 3.29. The lowest BCUT2D eigenvalue weighted by Gasteiger charge is -2.25. The van der Waals surface area contributed by atoms with Gasteiger partial charge < -0.3 is 15.4 Å². The average Bonchev–Trinajstić information content (AvgIpc) is 2.29. The molecule has 96 valence electrons. The lowest BCUT2D eigenvalue weighted by molar-refractivity contribution is 0.413. The second-order valence-electron chi connectivity index (χ2n) is 4.38. The van der Waals surface area contributed by atoms with Gasteiger partial charge >= 0.3 is 0 Å². The van der Waals surface area contributed by atoms with Gasteiger partial charge in [0.15, 0.2) is 0 Å². The fraction of sp³-hybridized carbons (Fsp3) is 0.538. The van der Waals surface area contributed by atoms with Crippen molar-refractivity contribution in [1.29, 1.82) is 0 Å². The molecule has 0 aliphatic rings. The van der Waals surface area contributed by atoms with Crippen LogP contribution in [0.15, 0.2) is 22.7 Å². The van der Waals surface area contributed by atoms with Crippen LogP contribution in [0.1, 0.15) is 13.3 Å². The van der Waals surface area contributed by atoms with Crippen LogP contribution in [-0.2, 0) is 0 Å². The van der Waals surface area contributed by atoms with E-state index in [0.717, 1.165) is 35.4 Å². The zero-order valence-corrected chi connectivity index (χ0v) is 12.3. The molecule has 0 fully saturated rings. The first kappa shape index (κ1) is 14.3. The number of ether oxygens (including phenoxy) is 1. The van der Waals surface area contributed by atoms with E-state index in [4.69, 9.17) is 10.5 Å². The molecule has 0 bridgehead atoms. The van der Waals surface area contributed by atoms with Crippen LogP contribution >= 0.6 is 15.9 Å². The monoisotopic (exact) mass is 300 g/mol. The van der Waals surface area contributed by atoms with E-state index in [2.05, 4.69) is 40.9 Å². The van der Waals surface area contributed by atoms with Crippen molar-refractivity contribution in [1.82, 2.24) is 0 Å². The lowest BCUT2D eigenvalue weighted by Crippen LogP contribution is -2.25. The van der Waals surface area contributed by atoms with E-state index < -0.39 is 0 Å². The van der Waals surface area contributed by atoms with Gasteiger partial charge in [-0.3, -0.25) is 0 Å². The summed E-state index contributed by atoms with van der Waals surface area (Å²) in [5.41, 5.74) is 6.68. The standard InChI is InChI=1S/C13H21BrN2O/c1-10(6-7-15)9-16(2)12-8-11(14)4-5-13(12)17-3/h4-5,8,10H,6-7,9,15H2,1-3H3. The van der Waals surface area contributed by atoms with Crippen molar-refractivity contribution >= 4 is 21.6 Å². The molecule has 1 atom stereocenters. The van der Waals surface area contributed by atoms with Crippen LogP contribution in [0.5, 0.6) is 5.75 Å². The zero-order chi connectivity index (χ0) is 12.8. The zero-order valence-electron chi connectivity index (χ0n) is 10.7. The number of hydrogen-bond acceptors (Lipinski definition) is 3. The molecular weight excluding hydrogens is 280 g/mol. The van der Waals surface area contributed by atoms with Crippen molar-refractivity contribution in [3.8, 4) is 5.75 Å². The second kappa shape index (κ2) is 6.87. The summed E-state index contributed by atoms with van der Waals surface area (Å²) in [4.78, 5) is 2.21. The first-order valence-electron chi connectivity index (χ1n) is 5.83. The molecule has 1 rings (SSSR count). The van der Waals surface area contributed by atoms with Crippen molar-refractivity contribution in [2.45, 2.75) is 13.3 Å². The van der Waals surface area contributed by atoms with Crippen molar-refractivity contribution < 1.29 is 4.74 Å². The van der Waals surface area contributed by atoms with Crippen LogP contribution in [-0.4, -0.2) is 27.2 Å².